The highest BCUT2D eigenvalue weighted by Gasteiger charge is 2.26. The SMILES string of the molecule is Cc1nc2c([nH]1)CCc1ccccc1C2=C1CC[NH+](C)CC1.O=C([O-])/C=C/C(=O)O. The Hall–Kier alpha value is -3.19. The van der Waals surface area contributed by atoms with Crippen LogP contribution >= 0.6 is 0 Å². The summed E-state index contributed by atoms with van der Waals surface area (Å²) in [6.45, 7) is 4.54. The third kappa shape index (κ3) is 5.24. The number of fused-ring (bicyclic) bond motifs is 2. The van der Waals surface area contributed by atoms with Crippen molar-refractivity contribution in [3.05, 3.63) is 70.3 Å². The van der Waals surface area contributed by atoms with Gasteiger partial charge in [-0.2, -0.15) is 0 Å². The molecular formula is C23H27N3O4. The van der Waals surface area contributed by atoms with Crippen LogP contribution in [0.1, 0.15) is 41.2 Å². The second-order valence-electron chi connectivity index (χ2n) is 7.73. The normalized spacial score (nSPS) is 18.1. The van der Waals surface area contributed by atoms with Gasteiger partial charge in [0, 0.05) is 30.2 Å². The molecule has 1 aromatic carbocycles. The predicted octanol–water partition coefficient (Wildman–Crippen LogP) is 0.304. The topological polar surface area (TPSA) is 111 Å². The highest BCUT2D eigenvalue weighted by molar-refractivity contribution is 5.88. The molecule has 1 aliphatic heterocycles. The van der Waals surface area contributed by atoms with Gasteiger partial charge in [-0.1, -0.05) is 24.3 Å². The first-order chi connectivity index (χ1) is 14.3. The first kappa shape index (κ1) is 21.5. The fourth-order valence-electron chi connectivity index (χ4n) is 4.02. The van der Waals surface area contributed by atoms with Gasteiger partial charge >= 0.3 is 5.97 Å². The summed E-state index contributed by atoms with van der Waals surface area (Å²) in [6, 6.07) is 8.92. The summed E-state index contributed by atoms with van der Waals surface area (Å²) in [7, 11) is 2.30. The number of rotatable bonds is 2. The van der Waals surface area contributed by atoms with E-state index in [-0.39, 0.29) is 0 Å². The standard InChI is InChI=1S/C19H23N3.C4H4O4/c1-13-20-17-8-7-14-5-3-4-6-16(14)18(19(17)21-13)15-9-11-22(2)12-10-15;5-3(6)1-2-4(7)8/h3-6H,7-12H2,1-2H3,(H,20,21);1-2H,(H,5,6)(H,7,8)/b;2-1+. The van der Waals surface area contributed by atoms with Crippen molar-refractivity contribution in [3.63, 3.8) is 0 Å². The van der Waals surface area contributed by atoms with E-state index in [2.05, 4.69) is 43.2 Å². The highest BCUT2D eigenvalue weighted by atomic mass is 16.4. The van der Waals surface area contributed by atoms with Crippen molar-refractivity contribution < 1.29 is 24.7 Å². The number of piperidine rings is 1. The molecule has 0 radical (unpaired) electrons. The molecule has 0 saturated carbocycles. The maximum Gasteiger partial charge on any atom is 0.328 e. The molecule has 7 nitrogen and oxygen atoms in total. The Morgan fingerprint density at radius 1 is 1.13 bits per heavy atom. The number of carbonyl (C=O) groups excluding carboxylic acids is 1. The monoisotopic (exact) mass is 409 g/mol. The molecule has 1 aliphatic carbocycles. The molecule has 1 aromatic heterocycles. The number of H-pyrrole nitrogens is 1. The number of carboxylic acids is 2. The molecule has 1 fully saturated rings. The number of nitrogens with zero attached hydrogens (tertiary/aromatic N) is 1. The average molecular weight is 409 g/mol. The molecule has 0 bridgehead atoms. The van der Waals surface area contributed by atoms with Crippen molar-refractivity contribution in [1.29, 1.82) is 0 Å². The van der Waals surface area contributed by atoms with Gasteiger partial charge in [-0.15, -0.1) is 0 Å². The smallest absolute Gasteiger partial charge is 0.328 e. The van der Waals surface area contributed by atoms with Crippen molar-refractivity contribution in [2.45, 2.75) is 32.6 Å². The Balaban J connectivity index is 0.000000275. The number of aliphatic carboxylic acids is 2. The molecule has 4 rings (SSSR count). The number of carbonyl (C=O) groups is 2. The fourth-order valence-corrected chi connectivity index (χ4v) is 4.02. The zero-order valence-electron chi connectivity index (χ0n) is 17.3. The van der Waals surface area contributed by atoms with E-state index in [9.17, 15) is 14.7 Å². The molecule has 0 unspecified atom stereocenters. The Bertz CT molecular complexity index is 978. The van der Waals surface area contributed by atoms with Gasteiger partial charge in [0.05, 0.1) is 31.8 Å². The number of aromatic amines is 1. The molecule has 2 heterocycles. The summed E-state index contributed by atoms with van der Waals surface area (Å²) < 4.78 is 0. The van der Waals surface area contributed by atoms with Crippen LogP contribution in [0.5, 0.6) is 0 Å². The molecule has 2 aliphatic rings. The van der Waals surface area contributed by atoms with Crippen LogP contribution in [0.3, 0.4) is 0 Å². The lowest BCUT2D eigenvalue weighted by atomic mass is 9.89. The number of hydrogen-bond acceptors (Lipinski definition) is 4. The van der Waals surface area contributed by atoms with Crippen molar-refractivity contribution in [2.24, 2.45) is 0 Å². The number of aromatic nitrogens is 2. The lowest BCUT2D eigenvalue weighted by molar-refractivity contribution is -0.882. The highest BCUT2D eigenvalue weighted by Crippen LogP contribution is 2.36. The summed E-state index contributed by atoms with van der Waals surface area (Å²) >= 11 is 0. The van der Waals surface area contributed by atoms with Gasteiger partial charge in [-0.25, -0.2) is 9.78 Å². The molecular weight excluding hydrogens is 382 g/mol. The van der Waals surface area contributed by atoms with E-state index in [1.54, 1.807) is 10.5 Å². The van der Waals surface area contributed by atoms with E-state index in [1.807, 2.05) is 0 Å². The Kier molecular flexibility index (Phi) is 6.84. The minimum absolute atomic E-state index is 0.447. The lowest BCUT2D eigenvalue weighted by Gasteiger charge is -2.24. The van der Waals surface area contributed by atoms with E-state index >= 15 is 0 Å². The van der Waals surface area contributed by atoms with Crippen molar-refractivity contribution in [2.75, 3.05) is 20.1 Å². The summed E-state index contributed by atoms with van der Waals surface area (Å²) in [6.07, 6.45) is 5.50. The third-order valence-electron chi connectivity index (χ3n) is 5.49. The van der Waals surface area contributed by atoms with Crippen LogP contribution in [0.2, 0.25) is 0 Å². The number of hydrogen-bond donors (Lipinski definition) is 3. The van der Waals surface area contributed by atoms with Crippen molar-refractivity contribution in [3.8, 4) is 0 Å². The summed E-state index contributed by atoms with van der Waals surface area (Å²) in [5.41, 5.74) is 8.47. The van der Waals surface area contributed by atoms with Crippen LogP contribution in [0, 0.1) is 6.92 Å². The van der Waals surface area contributed by atoms with Gasteiger partial charge in [-0.3, -0.25) is 0 Å². The van der Waals surface area contributed by atoms with Gasteiger partial charge in [0.2, 0.25) is 0 Å². The molecule has 0 atom stereocenters. The van der Waals surface area contributed by atoms with Crippen LogP contribution in [-0.4, -0.2) is 47.2 Å². The number of benzene rings is 1. The minimum Gasteiger partial charge on any atom is -0.545 e. The number of nitrogens with one attached hydrogen (secondary N) is 2. The van der Waals surface area contributed by atoms with E-state index < -0.39 is 11.9 Å². The molecule has 158 valence electrons. The van der Waals surface area contributed by atoms with E-state index in [0.29, 0.717) is 12.2 Å². The van der Waals surface area contributed by atoms with Crippen LogP contribution < -0.4 is 10.0 Å². The molecule has 3 N–H and O–H groups in total. The van der Waals surface area contributed by atoms with Crippen molar-refractivity contribution in [1.82, 2.24) is 9.97 Å². The molecule has 0 amide bonds. The summed E-state index contributed by atoms with van der Waals surface area (Å²) in [5, 5.41) is 17.2. The Morgan fingerprint density at radius 2 is 1.83 bits per heavy atom. The van der Waals surface area contributed by atoms with Crippen LogP contribution in [0.25, 0.3) is 5.57 Å². The average Bonchev–Trinajstić information content (AvgIpc) is 3.01. The largest absolute Gasteiger partial charge is 0.545 e. The number of quaternary nitrogens is 1. The molecule has 7 heteroatoms. The molecule has 2 aromatic rings. The van der Waals surface area contributed by atoms with Crippen LogP contribution in [0.15, 0.2) is 42.0 Å². The van der Waals surface area contributed by atoms with E-state index in [4.69, 9.17) is 10.1 Å². The number of aryl methyl sites for hydroxylation is 3. The zero-order valence-corrected chi connectivity index (χ0v) is 17.3. The maximum atomic E-state index is 9.53. The fraction of sp³-hybridized carbons (Fsp3) is 0.348. The Morgan fingerprint density at radius 3 is 2.47 bits per heavy atom. The van der Waals surface area contributed by atoms with Gasteiger partial charge < -0.3 is 24.9 Å². The van der Waals surface area contributed by atoms with Gasteiger partial charge in [-0.05, 0) is 42.5 Å². The van der Waals surface area contributed by atoms with Gasteiger partial charge in [0.1, 0.15) is 5.82 Å². The third-order valence-corrected chi connectivity index (χ3v) is 5.49. The number of imidazole rings is 1. The molecule has 30 heavy (non-hydrogen) atoms. The van der Waals surface area contributed by atoms with Gasteiger partial charge in [0.25, 0.3) is 0 Å². The Labute approximate surface area is 175 Å². The minimum atomic E-state index is -1.51. The van der Waals surface area contributed by atoms with Crippen molar-refractivity contribution >= 4 is 17.5 Å². The molecule has 1 saturated heterocycles. The number of likely N-dealkylation sites (tertiary alicyclic amines) is 1. The first-order valence-corrected chi connectivity index (χ1v) is 10.1. The second-order valence-corrected chi connectivity index (χ2v) is 7.73. The lowest BCUT2D eigenvalue weighted by Crippen LogP contribution is -3.09. The van der Waals surface area contributed by atoms with Crippen LogP contribution in [-0.2, 0) is 22.4 Å². The second kappa shape index (κ2) is 9.54. The van der Waals surface area contributed by atoms with Crippen LogP contribution in [0.4, 0.5) is 0 Å². The van der Waals surface area contributed by atoms with Gasteiger partial charge in [0.15, 0.2) is 0 Å². The zero-order chi connectivity index (χ0) is 21.7. The van der Waals surface area contributed by atoms with E-state index in [1.165, 1.54) is 54.0 Å². The molecule has 0 spiro atoms. The van der Waals surface area contributed by atoms with E-state index in [0.717, 1.165) is 18.7 Å². The first-order valence-electron chi connectivity index (χ1n) is 10.1. The summed E-state index contributed by atoms with van der Waals surface area (Å²) in [4.78, 5) is 29.0. The number of carboxylic acid groups (broad SMARTS) is 2. The quantitative estimate of drug-likeness (QED) is 0.618. The summed E-state index contributed by atoms with van der Waals surface area (Å²) in [5.74, 6) is -1.76. The maximum absolute atomic E-state index is 9.53. The predicted molar refractivity (Wildman–Crippen MR) is 111 cm³/mol.